The summed E-state index contributed by atoms with van der Waals surface area (Å²) >= 11 is 5.95. The molecule has 20 heavy (non-hydrogen) atoms. The SMILES string of the molecule is CCCNC(c1ccc(CC)o1)c1cc(Br)ccc1I. The number of aryl methyl sites for hydroxylation is 1. The molecule has 0 bridgehead atoms. The molecule has 1 aromatic heterocycles. The molecule has 0 aliphatic heterocycles. The fourth-order valence-corrected chi connectivity index (χ4v) is 3.15. The van der Waals surface area contributed by atoms with Crippen LogP contribution in [-0.4, -0.2) is 6.54 Å². The lowest BCUT2D eigenvalue weighted by atomic mass is 10.0. The molecule has 0 fully saturated rings. The van der Waals surface area contributed by atoms with Gasteiger partial charge in [0.05, 0.1) is 6.04 Å². The Morgan fingerprint density at radius 1 is 1.25 bits per heavy atom. The van der Waals surface area contributed by atoms with Gasteiger partial charge in [-0.2, -0.15) is 0 Å². The van der Waals surface area contributed by atoms with Crippen molar-refractivity contribution in [3.8, 4) is 0 Å². The van der Waals surface area contributed by atoms with Crippen LogP contribution < -0.4 is 5.32 Å². The van der Waals surface area contributed by atoms with Crippen LogP contribution in [0.3, 0.4) is 0 Å². The quantitative estimate of drug-likeness (QED) is 0.608. The number of hydrogen-bond donors (Lipinski definition) is 1. The highest BCUT2D eigenvalue weighted by atomic mass is 127. The molecule has 0 saturated carbocycles. The molecule has 1 aromatic carbocycles. The lowest BCUT2D eigenvalue weighted by Crippen LogP contribution is -2.23. The Bertz CT molecular complexity index is 567. The van der Waals surface area contributed by atoms with Crippen molar-refractivity contribution < 1.29 is 4.42 Å². The maximum atomic E-state index is 5.96. The molecule has 108 valence electrons. The van der Waals surface area contributed by atoms with Gasteiger partial charge in [-0.1, -0.05) is 29.8 Å². The van der Waals surface area contributed by atoms with E-state index in [0.717, 1.165) is 35.4 Å². The first-order valence-corrected chi connectivity index (χ1v) is 8.79. The van der Waals surface area contributed by atoms with Crippen LogP contribution in [0.4, 0.5) is 0 Å². The number of benzene rings is 1. The van der Waals surface area contributed by atoms with Crippen molar-refractivity contribution in [2.75, 3.05) is 6.54 Å². The van der Waals surface area contributed by atoms with Crippen molar-refractivity contribution in [1.82, 2.24) is 5.32 Å². The van der Waals surface area contributed by atoms with Crippen LogP contribution in [0.5, 0.6) is 0 Å². The van der Waals surface area contributed by atoms with Crippen LogP contribution in [0.15, 0.2) is 39.2 Å². The Kier molecular flexibility index (Phi) is 6.11. The van der Waals surface area contributed by atoms with E-state index in [-0.39, 0.29) is 6.04 Å². The fraction of sp³-hybridized carbons (Fsp3) is 0.375. The lowest BCUT2D eigenvalue weighted by Gasteiger charge is -2.18. The summed E-state index contributed by atoms with van der Waals surface area (Å²) in [4.78, 5) is 0. The summed E-state index contributed by atoms with van der Waals surface area (Å²) in [5.41, 5.74) is 1.26. The zero-order valence-electron chi connectivity index (χ0n) is 11.7. The van der Waals surface area contributed by atoms with E-state index in [1.54, 1.807) is 0 Å². The minimum Gasteiger partial charge on any atom is -0.464 e. The van der Waals surface area contributed by atoms with Crippen molar-refractivity contribution >= 4 is 38.5 Å². The minimum atomic E-state index is 0.111. The lowest BCUT2D eigenvalue weighted by molar-refractivity contribution is 0.421. The van der Waals surface area contributed by atoms with Crippen molar-refractivity contribution in [1.29, 1.82) is 0 Å². The van der Waals surface area contributed by atoms with Gasteiger partial charge in [0.15, 0.2) is 0 Å². The number of nitrogens with one attached hydrogen (secondary N) is 1. The molecule has 2 rings (SSSR count). The summed E-state index contributed by atoms with van der Waals surface area (Å²) in [7, 11) is 0. The molecule has 2 nitrogen and oxygen atoms in total. The van der Waals surface area contributed by atoms with Gasteiger partial charge in [-0.3, -0.25) is 0 Å². The highest BCUT2D eigenvalue weighted by Gasteiger charge is 2.19. The molecule has 4 heteroatoms. The van der Waals surface area contributed by atoms with E-state index in [0.29, 0.717) is 0 Å². The summed E-state index contributed by atoms with van der Waals surface area (Å²) in [6.45, 7) is 5.25. The maximum Gasteiger partial charge on any atom is 0.125 e. The van der Waals surface area contributed by atoms with E-state index in [2.05, 4.69) is 88.0 Å². The topological polar surface area (TPSA) is 25.2 Å². The Morgan fingerprint density at radius 3 is 2.70 bits per heavy atom. The first kappa shape index (κ1) is 16.0. The molecule has 0 aliphatic rings. The Labute approximate surface area is 142 Å². The zero-order chi connectivity index (χ0) is 14.5. The third-order valence-corrected chi connectivity index (χ3v) is 4.66. The van der Waals surface area contributed by atoms with Gasteiger partial charge in [0, 0.05) is 14.5 Å². The van der Waals surface area contributed by atoms with Crippen LogP contribution in [0.25, 0.3) is 0 Å². The first-order chi connectivity index (χ1) is 9.65. The van der Waals surface area contributed by atoms with Gasteiger partial charge >= 0.3 is 0 Å². The maximum absolute atomic E-state index is 5.96. The number of hydrogen-bond acceptors (Lipinski definition) is 2. The largest absolute Gasteiger partial charge is 0.464 e. The highest BCUT2D eigenvalue weighted by Crippen LogP contribution is 2.30. The average molecular weight is 448 g/mol. The standard InChI is InChI=1S/C16H19BrINO/c1-3-9-19-16(15-8-6-12(4-2)20-15)13-10-11(17)5-7-14(13)18/h5-8,10,16,19H,3-4,9H2,1-2H3. The molecule has 2 aromatic rings. The van der Waals surface area contributed by atoms with E-state index in [9.17, 15) is 0 Å². The summed E-state index contributed by atoms with van der Waals surface area (Å²) in [5, 5.41) is 3.59. The van der Waals surface area contributed by atoms with Crippen LogP contribution in [0.1, 0.15) is 43.4 Å². The molecule has 1 heterocycles. The van der Waals surface area contributed by atoms with Crippen molar-refractivity contribution in [2.45, 2.75) is 32.7 Å². The van der Waals surface area contributed by atoms with E-state index < -0.39 is 0 Å². The van der Waals surface area contributed by atoms with Gasteiger partial charge in [0.1, 0.15) is 11.5 Å². The van der Waals surface area contributed by atoms with E-state index >= 15 is 0 Å². The summed E-state index contributed by atoms with van der Waals surface area (Å²) in [6.07, 6.45) is 2.03. The second-order valence-corrected chi connectivity index (χ2v) is 6.79. The molecule has 0 aliphatic carbocycles. The van der Waals surface area contributed by atoms with Crippen LogP contribution in [-0.2, 0) is 6.42 Å². The van der Waals surface area contributed by atoms with Gasteiger partial charge < -0.3 is 9.73 Å². The summed E-state index contributed by atoms with van der Waals surface area (Å²) in [5.74, 6) is 2.03. The van der Waals surface area contributed by atoms with Crippen molar-refractivity contribution in [2.24, 2.45) is 0 Å². The average Bonchev–Trinajstić information content (AvgIpc) is 2.92. The van der Waals surface area contributed by atoms with Crippen LogP contribution in [0, 0.1) is 3.57 Å². The molecule has 0 spiro atoms. The van der Waals surface area contributed by atoms with Gasteiger partial charge in [-0.05, 0) is 71.5 Å². The number of furan rings is 1. The van der Waals surface area contributed by atoms with Gasteiger partial charge in [0.25, 0.3) is 0 Å². The second kappa shape index (κ2) is 7.61. The summed E-state index contributed by atoms with van der Waals surface area (Å²) < 4.78 is 8.30. The number of rotatable bonds is 6. The molecule has 1 unspecified atom stereocenters. The predicted molar refractivity (Wildman–Crippen MR) is 95.1 cm³/mol. The molecular weight excluding hydrogens is 429 g/mol. The first-order valence-electron chi connectivity index (χ1n) is 6.92. The monoisotopic (exact) mass is 447 g/mol. The molecule has 1 atom stereocenters. The highest BCUT2D eigenvalue weighted by molar-refractivity contribution is 14.1. The van der Waals surface area contributed by atoms with Gasteiger partial charge in [-0.15, -0.1) is 0 Å². The van der Waals surface area contributed by atoms with E-state index in [4.69, 9.17) is 4.42 Å². The summed E-state index contributed by atoms with van der Waals surface area (Å²) in [6, 6.07) is 10.6. The van der Waals surface area contributed by atoms with Gasteiger partial charge in [0.2, 0.25) is 0 Å². The molecule has 0 saturated heterocycles. The molecular formula is C16H19BrINO. The van der Waals surface area contributed by atoms with Gasteiger partial charge in [-0.25, -0.2) is 0 Å². The third-order valence-electron chi connectivity index (χ3n) is 3.18. The van der Waals surface area contributed by atoms with Crippen LogP contribution in [0.2, 0.25) is 0 Å². The van der Waals surface area contributed by atoms with E-state index in [1.807, 2.05) is 0 Å². The smallest absolute Gasteiger partial charge is 0.125 e. The molecule has 1 N–H and O–H groups in total. The second-order valence-electron chi connectivity index (χ2n) is 4.71. The number of halogens is 2. The normalized spacial score (nSPS) is 12.6. The minimum absolute atomic E-state index is 0.111. The molecule has 0 amide bonds. The van der Waals surface area contributed by atoms with E-state index in [1.165, 1.54) is 9.13 Å². The van der Waals surface area contributed by atoms with Crippen molar-refractivity contribution in [3.05, 3.63) is 55.5 Å². The van der Waals surface area contributed by atoms with Crippen molar-refractivity contribution in [3.63, 3.8) is 0 Å². The Morgan fingerprint density at radius 2 is 2.05 bits per heavy atom. The molecule has 0 radical (unpaired) electrons. The van der Waals surface area contributed by atoms with Crippen LogP contribution >= 0.6 is 38.5 Å². The Balaban J connectivity index is 2.38. The zero-order valence-corrected chi connectivity index (χ0v) is 15.5. The third kappa shape index (κ3) is 3.86. The Hall–Kier alpha value is -0.330. The fourth-order valence-electron chi connectivity index (χ4n) is 2.13. The predicted octanol–water partition coefficient (Wildman–Crippen LogP) is 5.30.